The van der Waals surface area contributed by atoms with Crippen LogP contribution in [0.2, 0.25) is 5.02 Å². The van der Waals surface area contributed by atoms with E-state index in [4.69, 9.17) is 11.6 Å². The first kappa shape index (κ1) is 13.1. The quantitative estimate of drug-likeness (QED) is 0.575. The van der Waals surface area contributed by atoms with Crippen molar-refractivity contribution in [1.29, 1.82) is 0 Å². The zero-order valence-electron chi connectivity index (χ0n) is 9.25. The van der Waals surface area contributed by atoms with E-state index in [9.17, 15) is 0 Å². The second-order valence-corrected chi connectivity index (χ2v) is 6.18. The number of hydrogen-bond acceptors (Lipinski definition) is 0. The average molecular weight is 375 g/mol. The molecule has 0 saturated carbocycles. The van der Waals surface area contributed by atoms with E-state index in [1.807, 2.05) is 12.1 Å². The van der Waals surface area contributed by atoms with Crippen molar-refractivity contribution in [1.82, 2.24) is 0 Å². The van der Waals surface area contributed by atoms with Crippen LogP contribution < -0.4 is 0 Å². The molecule has 2 rings (SSSR count). The highest BCUT2D eigenvalue weighted by atomic mass is 79.9. The second-order valence-electron chi connectivity index (χ2n) is 3.92. The second kappa shape index (κ2) is 5.55. The van der Waals surface area contributed by atoms with Gasteiger partial charge < -0.3 is 0 Å². The predicted molar refractivity (Wildman–Crippen MR) is 81.1 cm³/mol. The summed E-state index contributed by atoms with van der Waals surface area (Å²) in [5.41, 5.74) is 3.68. The summed E-state index contributed by atoms with van der Waals surface area (Å²) in [5.74, 6) is 0. The molecule has 1 unspecified atom stereocenters. The van der Waals surface area contributed by atoms with Crippen LogP contribution in [0, 0.1) is 6.92 Å². The maximum atomic E-state index is 5.97. The maximum Gasteiger partial charge on any atom is 0.0647 e. The van der Waals surface area contributed by atoms with Crippen molar-refractivity contribution >= 4 is 43.5 Å². The van der Waals surface area contributed by atoms with Gasteiger partial charge in [0.05, 0.1) is 4.83 Å². The van der Waals surface area contributed by atoms with Gasteiger partial charge in [-0.05, 0) is 47.9 Å². The fourth-order valence-electron chi connectivity index (χ4n) is 1.73. The van der Waals surface area contributed by atoms with E-state index >= 15 is 0 Å². The summed E-state index contributed by atoms with van der Waals surface area (Å²) in [7, 11) is 0. The molecule has 0 spiro atoms. The summed E-state index contributed by atoms with van der Waals surface area (Å²) >= 11 is 13.1. The number of hydrogen-bond donors (Lipinski definition) is 0. The number of halogens is 3. The number of aryl methyl sites for hydroxylation is 1. The highest BCUT2D eigenvalue weighted by Gasteiger charge is 2.12. The first-order valence-electron chi connectivity index (χ1n) is 5.23. The number of rotatable bonds is 2. The summed E-state index contributed by atoms with van der Waals surface area (Å²) in [6, 6.07) is 14.3. The molecule has 2 aromatic carbocycles. The minimum absolute atomic E-state index is 0.202. The number of benzene rings is 2. The molecule has 1 atom stereocenters. The Morgan fingerprint density at radius 3 is 2.29 bits per heavy atom. The smallest absolute Gasteiger partial charge is 0.0647 e. The summed E-state index contributed by atoms with van der Waals surface area (Å²) < 4.78 is 1.09. The van der Waals surface area contributed by atoms with Crippen LogP contribution in [0.1, 0.15) is 21.5 Å². The molecule has 3 heteroatoms. The lowest BCUT2D eigenvalue weighted by molar-refractivity contribution is 1.14. The van der Waals surface area contributed by atoms with Gasteiger partial charge in [-0.2, -0.15) is 0 Å². The van der Waals surface area contributed by atoms with E-state index in [1.54, 1.807) is 0 Å². The van der Waals surface area contributed by atoms with Crippen LogP contribution in [0.15, 0.2) is 46.9 Å². The maximum absolute atomic E-state index is 5.97. The molecule has 0 aliphatic rings. The van der Waals surface area contributed by atoms with E-state index in [2.05, 4.69) is 69.1 Å². The van der Waals surface area contributed by atoms with E-state index in [0.29, 0.717) is 0 Å². The molecule has 17 heavy (non-hydrogen) atoms. The van der Waals surface area contributed by atoms with Gasteiger partial charge in [0, 0.05) is 9.50 Å². The van der Waals surface area contributed by atoms with Crippen molar-refractivity contribution in [3.63, 3.8) is 0 Å². The van der Waals surface area contributed by atoms with Crippen LogP contribution >= 0.6 is 43.5 Å². The predicted octanol–water partition coefficient (Wildman–Crippen LogP) is 5.90. The third-order valence-corrected chi connectivity index (χ3v) is 4.45. The largest absolute Gasteiger partial charge is 0.0843 e. The molecule has 0 bridgehead atoms. The molecule has 0 heterocycles. The fraction of sp³-hybridized carbons (Fsp3) is 0.143. The Kier molecular flexibility index (Phi) is 4.29. The fourth-order valence-corrected chi connectivity index (χ4v) is 3.04. The van der Waals surface area contributed by atoms with Crippen LogP contribution in [-0.2, 0) is 0 Å². The summed E-state index contributed by atoms with van der Waals surface area (Å²) in [5, 5.41) is 0.779. The zero-order chi connectivity index (χ0) is 12.4. The number of alkyl halides is 1. The lowest BCUT2D eigenvalue weighted by Crippen LogP contribution is -1.95. The van der Waals surface area contributed by atoms with Crippen LogP contribution in [0.3, 0.4) is 0 Å². The standard InChI is InChI=1S/C14H11Br2Cl/c1-9-8-12(17)6-7-13(9)14(16)10-2-4-11(15)5-3-10/h2-8,14H,1H3. The highest BCUT2D eigenvalue weighted by Crippen LogP contribution is 2.34. The highest BCUT2D eigenvalue weighted by molar-refractivity contribution is 9.10. The molecule has 0 aromatic heterocycles. The Bertz CT molecular complexity index is 520. The van der Waals surface area contributed by atoms with Crippen molar-refractivity contribution in [2.45, 2.75) is 11.8 Å². The van der Waals surface area contributed by atoms with Crippen molar-refractivity contribution in [2.24, 2.45) is 0 Å². The lowest BCUT2D eigenvalue weighted by Gasteiger charge is -2.14. The normalized spacial score (nSPS) is 12.5. The van der Waals surface area contributed by atoms with Gasteiger partial charge in [-0.3, -0.25) is 0 Å². The molecule has 0 fully saturated rings. The van der Waals surface area contributed by atoms with Gasteiger partial charge in [0.15, 0.2) is 0 Å². The van der Waals surface area contributed by atoms with Crippen LogP contribution in [0.4, 0.5) is 0 Å². The van der Waals surface area contributed by atoms with Gasteiger partial charge in [-0.15, -0.1) is 0 Å². The van der Waals surface area contributed by atoms with Gasteiger partial charge in [0.2, 0.25) is 0 Å². The summed E-state index contributed by atoms with van der Waals surface area (Å²) in [4.78, 5) is 0.202. The zero-order valence-corrected chi connectivity index (χ0v) is 13.2. The van der Waals surface area contributed by atoms with Crippen LogP contribution in [-0.4, -0.2) is 0 Å². The van der Waals surface area contributed by atoms with Crippen LogP contribution in [0.25, 0.3) is 0 Å². The van der Waals surface area contributed by atoms with Crippen molar-refractivity contribution in [3.05, 3.63) is 68.7 Å². The molecule has 0 aliphatic heterocycles. The Morgan fingerprint density at radius 1 is 1.06 bits per heavy atom. The molecule has 0 N–H and O–H groups in total. The van der Waals surface area contributed by atoms with Crippen molar-refractivity contribution in [2.75, 3.05) is 0 Å². The minimum Gasteiger partial charge on any atom is -0.0843 e. The average Bonchev–Trinajstić information content (AvgIpc) is 2.29. The Balaban J connectivity index is 2.36. The molecule has 0 radical (unpaired) electrons. The van der Waals surface area contributed by atoms with Gasteiger partial charge in [0.1, 0.15) is 0 Å². The van der Waals surface area contributed by atoms with Gasteiger partial charge in [0.25, 0.3) is 0 Å². The molecular formula is C14H11Br2Cl. The van der Waals surface area contributed by atoms with Crippen LogP contribution in [0.5, 0.6) is 0 Å². The Hall–Kier alpha value is -0.310. The van der Waals surface area contributed by atoms with E-state index in [-0.39, 0.29) is 4.83 Å². The van der Waals surface area contributed by atoms with Gasteiger partial charge in [-0.25, -0.2) is 0 Å². The topological polar surface area (TPSA) is 0 Å². The molecule has 0 aliphatic carbocycles. The summed E-state index contributed by atoms with van der Waals surface area (Å²) in [6.07, 6.45) is 0. The third-order valence-electron chi connectivity index (χ3n) is 2.67. The first-order chi connectivity index (χ1) is 8.08. The molecule has 88 valence electrons. The van der Waals surface area contributed by atoms with E-state index in [1.165, 1.54) is 16.7 Å². The van der Waals surface area contributed by atoms with E-state index in [0.717, 1.165) is 9.50 Å². The van der Waals surface area contributed by atoms with Gasteiger partial charge >= 0.3 is 0 Å². The first-order valence-corrected chi connectivity index (χ1v) is 7.32. The Morgan fingerprint density at radius 2 is 1.71 bits per heavy atom. The monoisotopic (exact) mass is 372 g/mol. The molecule has 0 amide bonds. The third kappa shape index (κ3) is 3.12. The SMILES string of the molecule is Cc1cc(Cl)ccc1C(Br)c1ccc(Br)cc1. The summed E-state index contributed by atoms with van der Waals surface area (Å²) in [6.45, 7) is 2.08. The lowest BCUT2D eigenvalue weighted by atomic mass is 10.0. The molecule has 0 saturated heterocycles. The molecule has 0 nitrogen and oxygen atoms in total. The van der Waals surface area contributed by atoms with Crippen molar-refractivity contribution in [3.8, 4) is 0 Å². The van der Waals surface area contributed by atoms with Crippen molar-refractivity contribution < 1.29 is 0 Å². The molecular weight excluding hydrogens is 363 g/mol. The van der Waals surface area contributed by atoms with E-state index < -0.39 is 0 Å². The minimum atomic E-state index is 0.202. The Labute approximate surface area is 123 Å². The van der Waals surface area contributed by atoms with Gasteiger partial charge in [-0.1, -0.05) is 61.7 Å². The molecule has 2 aromatic rings.